The summed E-state index contributed by atoms with van der Waals surface area (Å²) in [6.45, 7) is 7.91. The lowest BCUT2D eigenvalue weighted by Crippen LogP contribution is -2.46. The minimum Gasteiger partial charge on any atom is -0.378 e. The molecule has 0 spiro atoms. The number of nitrogens with one attached hydrogen (secondary N) is 1. The van der Waals surface area contributed by atoms with Crippen molar-refractivity contribution in [2.24, 2.45) is 5.92 Å². The van der Waals surface area contributed by atoms with Gasteiger partial charge in [-0.3, -0.25) is 9.59 Å². The van der Waals surface area contributed by atoms with Crippen LogP contribution in [0.4, 0.5) is 5.82 Å². The van der Waals surface area contributed by atoms with Gasteiger partial charge in [0.1, 0.15) is 11.6 Å². The predicted molar refractivity (Wildman–Crippen MR) is 110 cm³/mol. The molecule has 29 heavy (non-hydrogen) atoms. The van der Waals surface area contributed by atoms with Crippen molar-refractivity contribution >= 4 is 11.7 Å². The van der Waals surface area contributed by atoms with E-state index in [4.69, 9.17) is 4.74 Å². The van der Waals surface area contributed by atoms with Crippen LogP contribution in [-0.4, -0.2) is 65.2 Å². The number of amides is 1. The van der Waals surface area contributed by atoms with Crippen LogP contribution in [0, 0.1) is 19.8 Å². The average Bonchev–Trinajstić information content (AvgIpc) is 2.77. The van der Waals surface area contributed by atoms with Gasteiger partial charge in [0.05, 0.1) is 13.2 Å². The van der Waals surface area contributed by atoms with Crippen molar-refractivity contribution in [2.45, 2.75) is 26.7 Å². The Hall–Kier alpha value is -2.74. The van der Waals surface area contributed by atoms with Crippen molar-refractivity contribution in [3.05, 3.63) is 39.9 Å². The predicted octanol–water partition coefficient (Wildman–Crippen LogP) is 1.52. The molecule has 8 nitrogen and oxygen atoms in total. The molecule has 4 heterocycles. The van der Waals surface area contributed by atoms with Gasteiger partial charge in [0.15, 0.2) is 0 Å². The third-order valence-corrected chi connectivity index (χ3v) is 5.91. The van der Waals surface area contributed by atoms with Crippen molar-refractivity contribution in [3.63, 3.8) is 0 Å². The Morgan fingerprint density at radius 2 is 1.86 bits per heavy atom. The first-order chi connectivity index (χ1) is 14.0. The van der Waals surface area contributed by atoms with Crippen molar-refractivity contribution in [1.29, 1.82) is 0 Å². The Balaban J connectivity index is 1.39. The van der Waals surface area contributed by atoms with Crippen molar-refractivity contribution < 1.29 is 9.53 Å². The fraction of sp³-hybridized carbons (Fsp3) is 0.524. The third kappa shape index (κ3) is 4.17. The zero-order chi connectivity index (χ0) is 20.4. The molecule has 4 rings (SSSR count). The minimum absolute atomic E-state index is 0.0911. The smallest absolute Gasteiger partial charge is 0.254 e. The maximum Gasteiger partial charge on any atom is 0.254 e. The molecule has 2 aromatic rings. The monoisotopic (exact) mass is 397 g/mol. The van der Waals surface area contributed by atoms with Gasteiger partial charge in [-0.2, -0.15) is 0 Å². The number of aromatic amines is 1. The lowest BCUT2D eigenvalue weighted by molar-refractivity contribution is -0.140. The maximum absolute atomic E-state index is 12.7. The number of carbonyl (C=O) groups excluding carboxylic acids is 1. The largest absolute Gasteiger partial charge is 0.378 e. The van der Waals surface area contributed by atoms with Crippen LogP contribution < -0.4 is 10.5 Å². The van der Waals surface area contributed by atoms with Crippen molar-refractivity contribution in [1.82, 2.24) is 19.9 Å². The minimum atomic E-state index is -0.122. The summed E-state index contributed by atoms with van der Waals surface area (Å²) in [5.74, 6) is 1.78. The highest BCUT2D eigenvalue weighted by atomic mass is 16.5. The number of carbonyl (C=O) groups is 1. The summed E-state index contributed by atoms with van der Waals surface area (Å²) < 4.78 is 5.34. The molecular formula is C21H27N5O3. The van der Waals surface area contributed by atoms with Crippen LogP contribution in [0.5, 0.6) is 0 Å². The van der Waals surface area contributed by atoms with Crippen LogP contribution in [0.2, 0.25) is 0 Å². The molecule has 0 aromatic carbocycles. The number of hydrogen-bond donors (Lipinski definition) is 1. The van der Waals surface area contributed by atoms with E-state index in [9.17, 15) is 9.59 Å². The van der Waals surface area contributed by atoms with Crippen LogP contribution in [0.25, 0.3) is 11.4 Å². The normalized spacial score (nSPS) is 18.1. The number of ether oxygens (including phenoxy) is 1. The second-order valence-electron chi connectivity index (χ2n) is 7.73. The van der Waals surface area contributed by atoms with E-state index in [2.05, 4.69) is 19.9 Å². The second-order valence-corrected chi connectivity index (χ2v) is 7.73. The number of pyridine rings is 1. The molecule has 0 saturated carbocycles. The molecule has 2 saturated heterocycles. The van der Waals surface area contributed by atoms with E-state index in [-0.39, 0.29) is 17.4 Å². The molecule has 0 atom stereocenters. The number of aromatic nitrogens is 3. The first-order valence-electron chi connectivity index (χ1n) is 10.2. The Bertz CT molecular complexity index is 926. The number of H-pyrrole nitrogens is 1. The molecule has 0 bridgehead atoms. The van der Waals surface area contributed by atoms with Crippen LogP contribution >= 0.6 is 0 Å². The van der Waals surface area contributed by atoms with Gasteiger partial charge in [0, 0.05) is 55.1 Å². The highest BCUT2D eigenvalue weighted by Crippen LogP contribution is 2.25. The molecule has 1 amide bonds. The Kier molecular flexibility index (Phi) is 5.62. The van der Waals surface area contributed by atoms with Crippen molar-refractivity contribution in [3.8, 4) is 11.4 Å². The van der Waals surface area contributed by atoms with E-state index in [0.29, 0.717) is 37.7 Å². The first-order valence-corrected chi connectivity index (χ1v) is 10.2. The maximum atomic E-state index is 12.7. The van der Waals surface area contributed by atoms with Gasteiger partial charge in [-0.15, -0.1) is 0 Å². The topological polar surface area (TPSA) is 91.4 Å². The summed E-state index contributed by atoms with van der Waals surface area (Å²) in [6, 6.07) is 3.88. The lowest BCUT2D eigenvalue weighted by Gasteiger charge is -2.36. The molecule has 2 aliphatic heterocycles. The van der Waals surface area contributed by atoms with Crippen molar-refractivity contribution in [2.75, 3.05) is 44.3 Å². The van der Waals surface area contributed by atoms with Gasteiger partial charge in [-0.25, -0.2) is 9.97 Å². The average molecular weight is 397 g/mol. The summed E-state index contributed by atoms with van der Waals surface area (Å²) >= 11 is 0. The molecule has 154 valence electrons. The summed E-state index contributed by atoms with van der Waals surface area (Å²) in [4.78, 5) is 40.7. The fourth-order valence-electron chi connectivity index (χ4n) is 3.89. The quantitative estimate of drug-likeness (QED) is 0.845. The molecule has 0 radical (unpaired) electrons. The van der Waals surface area contributed by atoms with Gasteiger partial charge < -0.3 is 19.5 Å². The number of hydrogen-bond acceptors (Lipinski definition) is 6. The van der Waals surface area contributed by atoms with Gasteiger partial charge >= 0.3 is 0 Å². The SMILES string of the molecule is Cc1nc(-c2ccc(N3CCC(C(=O)N4CCOCC4)CC3)nc2)[nH]c(=O)c1C. The van der Waals surface area contributed by atoms with Gasteiger partial charge in [-0.1, -0.05) is 0 Å². The molecule has 2 aromatic heterocycles. The number of anilines is 1. The summed E-state index contributed by atoms with van der Waals surface area (Å²) in [6.07, 6.45) is 3.42. The number of nitrogens with zero attached hydrogens (tertiary/aromatic N) is 4. The highest BCUT2D eigenvalue weighted by Gasteiger charge is 2.29. The Morgan fingerprint density at radius 1 is 1.14 bits per heavy atom. The molecule has 0 aliphatic carbocycles. The number of morpholine rings is 1. The summed E-state index contributed by atoms with van der Waals surface area (Å²) in [7, 11) is 0. The van der Waals surface area contributed by atoms with Gasteiger partial charge in [0.2, 0.25) is 5.91 Å². The van der Waals surface area contributed by atoms with E-state index >= 15 is 0 Å². The summed E-state index contributed by atoms with van der Waals surface area (Å²) in [5, 5.41) is 0. The van der Waals surface area contributed by atoms with Gasteiger partial charge in [-0.05, 0) is 38.8 Å². The van der Waals surface area contributed by atoms with E-state index in [1.54, 1.807) is 13.1 Å². The molecule has 2 aliphatic rings. The van der Waals surface area contributed by atoms with Gasteiger partial charge in [0.25, 0.3) is 5.56 Å². The van der Waals surface area contributed by atoms with Crippen LogP contribution in [-0.2, 0) is 9.53 Å². The number of aryl methyl sites for hydroxylation is 1. The third-order valence-electron chi connectivity index (χ3n) is 5.91. The highest BCUT2D eigenvalue weighted by molar-refractivity contribution is 5.79. The fourth-order valence-corrected chi connectivity index (χ4v) is 3.89. The van der Waals surface area contributed by atoms with Crippen LogP contribution in [0.15, 0.2) is 23.1 Å². The lowest BCUT2D eigenvalue weighted by atomic mass is 9.95. The molecule has 2 fully saturated rings. The van der Waals surface area contributed by atoms with E-state index in [0.717, 1.165) is 43.0 Å². The Labute approximate surface area is 169 Å². The summed E-state index contributed by atoms with van der Waals surface area (Å²) in [5.41, 5.74) is 2.02. The molecular weight excluding hydrogens is 370 g/mol. The first kappa shape index (κ1) is 19.6. The molecule has 0 unspecified atom stereocenters. The van der Waals surface area contributed by atoms with E-state index < -0.39 is 0 Å². The molecule has 1 N–H and O–H groups in total. The molecule has 8 heteroatoms. The Morgan fingerprint density at radius 3 is 2.48 bits per heavy atom. The second kappa shape index (κ2) is 8.32. The number of rotatable bonds is 3. The van der Waals surface area contributed by atoms with Crippen LogP contribution in [0.1, 0.15) is 24.1 Å². The van der Waals surface area contributed by atoms with Crippen LogP contribution in [0.3, 0.4) is 0 Å². The zero-order valence-corrected chi connectivity index (χ0v) is 17.0. The van der Waals surface area contributed by atoms with E-state index in [1.807, 2.05) is 24.0 Å². The number of piperidine rings is 1. The standard InChI is InChI=1S/C21H27N5O3/c1-14-15(2)23-19(24-20(14)27)17-3-4-18(22-13-17)25-7-5-16(6-8-25)21(28)26-9-11-29-12-10-26/h3-4,13,16H,5-12H2,1-2H3,(H,23,24,27). The van der Waals surface area contributed by atoms with E-state index in [1.165, 1.54) is 0 Å². The zero-order valence-electron chi connectivity index (χ0n) is 17.0.